The number of unbranched alkanes of at least 4 members (excludes halogenated alkanes) is 1. The summed E-state index contributed by atoms with van der Waals surface area (Å²) in [4.78, 5) is 14.5. The number of rotatable bonds is 6. The van der Waals surface area contributed by atoms with Gasteiger partial charge in [0.2, 0.25) is 0 Å². The van der Waals surface area contributed by atoms with Gasteiger partial charge in [0, 0.05) is 29.4 Å². The topological polar surface area (TPSA) is 65.8 Å². The van der Waals surface area contributed by atoms with Gasteiger partial charge in [-0.1, -0.05) is 5.11 Å². The van der Waals surface area contributed by atoms with Crippen molar-refractivity contribution in [1.82, 2.24) is 0 Å². The van der Waals surface area contributed by atoms with Gasteiger partial charge in [0.1, 0.15) is 4.08 Å². The SMILES string of the molecule is CC1(C(=O)CCCCN=[N+]=[N-])SCCS1. The van der Waals surface area contributed by atoms with Gasteiger partial charge >= 0.3 is 0 Å². The van der Waals surface area contributed by atoms with E-state index in [1.165, 1.54) is 0 Å². The monoisotopic (exact) mass is 245 g/mol. The summed E-state index contributed by atoms with van der Waals surface area (Å²) in [5, 5.41) is 3.44. The van der Waals surface area contributed by atoms with Gasteiger partial charge in [0.05, 0.1) is 0 Å². The Morgan fingerprint density at radius 1 is 1.47 bits per heavy atom. The predicted molar refractivity (Wildman–Crippen MR) is 66.2 cm³/mol. The second-order valence-electron chi connectivity index (χ2n) is 3.48. The minimum atomic E-state index is -0.210. The van der Waals surface area contributed by atoms with Crippen LogP contribution in [0.25, 0.3) is 10.4 Å². The Morgan fingerprint density at radius 2 is 2.13 bits per heavy atom. The second-order valence-corrected chi connectivity index (χ2v) is 6.76. The summed E-state index contributed by atoms with van der Waals surface area (Å²) in [6.07, 6.45) is 2.24. The molecule has 6 heteroatoms. The standard InChI is InChI=1S/C9H15N3OS2/c1-9(14-6-7-15-9)8(13)4-2-3-5-11-12-10/h2-7H2,1H3. The van der Waals surface area contributed by atoms with Gasteiger partial charge in [-0.25, -0.2) is 0 Å². The quantitative estimate of drug-likeness (QED) is 0.312. The maximum atomic E-state index is 11.9. The summed E-state index contributed by atoms with van der Waals surface area (Å²) in [7, 11) is 0. The molecular weight excluding hydrogens is 230 g/mol. The van der Waals surface area contributed by atoms with Crippen molar-refractivity contribution in [2.24, 2.45) is 5.11 Å². The number of ketones is 1. The smallest absolute Gasteiger partial charge is 0.158 e. The molecule has 1 saturated heterocycles. The first-order valence-corrected chi connectivity index (χ1v) is 6.98. The van der Waals surface area contributed by atoms with E-state index in [4.69, 9.17) is 5.53 Å². The van der Waals surface area contributed by atoms with E-state index >= 15 is 0 Å². The zero-order valence-electron chi connectivity index (χ0n) is 8.81. The van der Waals surface area contributed by atoms with Gasteiger partial charge in [0.15, 0.2) is 5.78 Å². The number of nitrogens with zero attached hydrogens (tertiary/aromatic N) is 3. The molecule has 0 aliphatic carbocycles. The van der Waals surface area contributed by atoms with E-state index in [9.17, 15) is 4.79 Å². The maximum absolute atomic E-state index is 11.9. The number of hydrogen-bond donors (Lipinski definition) is 0. The first-order chi connectivity index (χ1) is 7.19. The van der Waals surface area contributed by atoms with Crippen LogP contribution in [0.1, 0.15) is 26.2 Å². The Kier molecular flexibility index (Phi) is 5.36. The Hall–Kier alpha value is -0.320. The zero-order chi connectivity index (χ0) is 11.1. The number of carbonyl (C=O) groups excluding carboxylic acids is 1. The highest BCUT2D eigenvalue weighted by atomic mass is 32.2. The lowest BCUT2D eigenvalue weighted by atomic mass is 10.1. The molecule has 0 aromatic rings. The number of hydrogen-bond acceptors (Lipinski definition) is 4. The van der Waals surface area contributed by atoms with Crippen LogP contribution in [0, 0.1) is 0 Å². The number of carbonyl (C=O) groups is 1. The zero-order valence-corrected chi connectivity index (χ0v) is 10.4. The van der Waals surface area contributed by atoms with Crippen LogP contribution in [0.4, 0.5) is 0 Å². The van der Waals surface area contributed by atoms with Crippen molar-refractivity contribution in [3.63, 3.8) is 0 Å². The van der Waals surface area contributed by atoms with Gasteiger partial charge in [-0.2, -0.15) is 0 Å². The molecule has 0 N–H and O–H groups in total. The Morgan fingerprint density at radius 3 is 2.73 bits per heavy atom. The van der Waals surface area contributed by atoms with Crippen LogP contribution < -0.4 is 0 Å². The first-order valence-electron chi connectivity index (χ1n) is 5.01. The van der Waals surface area contributed by atoms with Crippen molar-refractivity contribution in [3.05, 3.63) is 10.4 Å². The van der Waals surface area contributed by atoms with Gasteiger partial charge in [0.25, 0.3) is 0 Å². The van der Waals surface area contributed by atoms with E-state index in [0.29, 0.717) is 18.7 Å². The highest BCUT2D eigenvalue weighted by molar-refractivity contribution is 8.22. The molecule has 0 unspecified atom stereocenters. The van der Waals surface area contributed by atoms with Crippen molar-refractivity contribution < 1.29 is 4.79 Å². The normalized spacial score (nSPS) is 18.5. The Bertz CT molecular complexity index is 271. The third kappa shape index (κ3) is 3.97. The molecule has 4 nitrogen and oxygen atoms in total. The van der Waals surface area contributed by atoms with Crippen molar-refractivity contribution in [3.8, 4) is 0 Å². The molecule has 0 saturated carbocycles. The fraction of sp³-hybridized carbons (Fsp3) is 0.889. The van der Waals surface area contributed by atoms with Crippen LogP contribution in [0.5, 0.6) is 0 Å². The van der Waals surface area contributed by atoms with Crippen LogP contribution in [-0.2, 0) is 4.79 Å². The molecule has 0 aromatic heterocycles. The Labute approximate surface area is 98.2 Å². The molecule has 0 spiro atoms. The van der Waals surface area contributed by atoms with Crippen molar-refractivity contribution in [2.75, 3.05) is 18.1 Å². The van der Waals surface area contributed by atoms with E-state index < -0.39 is 0 Å². The molecule has 1 rings (SSSR count). The average molecular weight is 245 g/mol. The van der Waals surface area contributed by atoms with Gasteiger partial charge in [-0.15, -0.1) is 23.5 Å². The van der Waals surface area contributed by atoms with Crippen LogP contribution in [0.15, 0.2) is 5.11 Å². The lowest BCUT2D eigenvalue weighted by molar-refractivity contribution is -0.119. The molecule has 0 bridgehead atoms. The van der Waals surface area contributed by atoms with E-state index in [1.54, 1.807) is 23.5 Å². The molecule has 15 heavy (non-hydrogen) atoms. The van der Waals surface area contributed by atoms with E-state index in [0.717, 1.165) is 24.3 Å². The first kappa shape index (κ1) is 12.7. The fourth-order valence-electron chi connectivity index (χ4n) is 1.42. The van der Waals surface area contributed by atoms with Gasteiger partial charge in [-0.3, -0.25) is 4.79 Å². The predicted octanol–water partition coefficient (Wildman–Crippen LogP) is 3.23. The van der Waals surface area contributed by atoms with Crippen LogP contribution in [0.3, 0.4) is 0 Å². The van der Waals surface area contributed by atoms with Crippen molar-refractivity contribution in [2.45, 2.75) is 30.3 Å². The van der Waals surface area contributed by atoms with Gasteiger partial charge < -0.3 is 0 Å². The van der Waals surface area contributed by atoms with Crippen molar-refractivity contribution in [1.29, 1.82) is 0 Å². The van der Waals surface area contributed by atoms with Crippen LogP contribution in [0.2, 0.25) is 0 Å². The van der Waals surface area contributed by atoms with E-state index in [2.05, 4.69) is 10.0 Å². The van der Waals surface area contributed by atoms with Gasteiger partial charge in [-0.05, 0) is 25.3 Å². The molecule has 1 aliphatic heterocycles. The lowest BCUT2D eigenvalue weighted by Gasteiger charge is -2.19. The molecule has 0 radical (unpaired) electrons. The molecular formula is C9H15N3OS2. The summed E-state index contributed by atoms with van der Waals surface area (Å²) >= 11 is 3.51. The van der Waals surface area contributed by atoms with E-state index in [-0.39, 0.29) is 4.08 Å². The summed E-state index contributed by atoms with van der Waals surface area (Å²) in [5.41, 5.74) is 8.07. The summed E-state index contributed by atoms with van der Waals surface area (Å²) in [6.45, 7) is 2.52. The van der Waals surface area contributed by atoms with Crippen molar-refractivity contribution >= 4 is 29.3 Å². The number of thioether (sulfide) groups is 2. The third-order valence-electron chi connectivity index (χ3n) is 2.32. The number of azide groups is 1. The number of Topliss-reactive ketones (excluding diaryl/α,β-unsaturated/α-hetero) is 1. The molecule has 0 atom stereocenters. The highest BCUT2D eigenvalue weighted by Crippen LogP contribution is 2.44. The minimum absolute atomic E-state index is 0.210. The lowest BCUT2D eigenvalue weighted by Crippen LogP contribution is -2.24. The summed E-state index contributed by atoms with van der Waals surface area (Å²) in [5.74, 6) is 2.48. The molecule has 1 aliphatic rings. The Balaban J connectivity index is 2.20. The fourth-order valence-corrected chi connectivity index (χ4v) is 4.22. The second kappa shape index (κ2) is 6.30. The third-order valence-corrected chi connectivity index (χ3v) is 5.66. The highest BCUT2D eigenvalue weighted by Gasteiger charge is 2.36. The van der Waals surface area contributed by atoms with Crippen LogP contribution in [-0.4, -0.2) is 27.9 Å². The average Bonchev–Trinajstić information content (AvgIpc) is 2.66. The van der Waals surface area contributed by atoms with E-state index in [1.807, 2.05) is 6.92 Å². The molecule has 1 heterocycles. The summed E-state index contributed by atoms with van der Waals surface area (Å²) in [6, 6.07) is 0. The molecule has 0 amide bonds. The molecule has 1 fully saturated rings. The molecule has 84 valence electrons. The summed E-state index contributed by atoms with van der Waals surface area (Å²) < 4.78 is -0.210. The minimum Gasteiger partial charge on any atom is -0.297 e. The largest absolute Gasteiger partial charge is 0.297 e. The molecule has 0 aromatic carbocycles. The van der Waals surface area contributed by atoms with Crippen LogP contribution >= 0.6 is 23.5 Å². The maximum Gasteiger partial charge on any atom is 0.158 e.